The van der Waals surface area contributed by atoms with E-state index in [2.05, 4.69) is 5.16 Å². The zero-order chi connectivity index (χ0) is 16.3. The third kappa shape index (κ3) is 3.36. The van der Waals surface area contributed by atoms with E-state index in [0.29, 0.717) is 6.54 Å². The monoisotopic (exact) mass is 301 g/mol. The molecule has 22 heavy (non-hydrogen) atoms. The summed E-state index contributed by atoms with van der Waals surface area (Å²) in [7, 11) is 5.65. The number of hydrogen-bond acceptors (Lipinski definition) is 4. The van der Waals surface area contributed by atoms with Gasteiger partial charge in [-0.25, -0.2) is 0 Å². The lowest BCUT2D eigenvalue weighted by atomic mass is 10.0. The minimum Gasteiger partial charge on any atom is -0.361 e. The molecule has 0 unspecified atom stereocenters. The van der Waals surface area contributed by atoms with Crippen molar-refractivity contribution in [3.05, 3.63) is 52.9 Å². The quantitative estimate of drug-likeness (QED) is 0.851. The number of rotatable bonds is 5. The molecular weight excluding hydrogens is 278 g/mol. The van der Waals surface area contributed by atoms with E-state index in [9.17, 15) is 4.79 Å². The molecule has 2 rings (SSSR count). The number of benzene rings is 1. The van der Waals surface area contributed by atoms with Crippen molar-refractivity contribution in [2.24, 2.45) is 0 Å². The number of carbonyl (C=O) groups excluding carboxylic acids is 1. The number of likely N-dealkylation sites (N-methyl/N-ethyl adjacent to an activating group) is 2. The first-order valence-electron chi connectivity index (χ1n) is 7.30. The predicted octanol–water partition coefficient (Wildman–Crippen LogP) is 2.55. The van der Waals surface area contributed by atoms with E-state index in [0.717, 1.165) is 22.6 Å². The maximum Gasteiger partial charge on any atom is 0.244 e. The normalized spacial score (nSPS) is 12.5. The van der Waals surface area contributed by atoms with Crippen molar-refractivity contribution < 1.29 is 9.32 Å². The lowest BCUT2D eigenvalue weighted by Gasteiger charge is -2.28. The van der Waals surface area contributed by atoms with Crippen LogP contribution in [0, 0.1) is 13.8 Å². The molecule has 5 nitrogen and oxygen atoms in total. The summed E-state index contributed by atoms with van der Waals surface area (Å²) in [5.74, 6) is 0.814. The molecule has 1 amide bonds. The summed E-state index contributed by atoms with van der Waals surface area (Å²) < 4.78 is 5.17. The molecule has 0 saturated heterocycles. The fraction of sp³-hybridized carbons (Fsp3) is 0.412. The number of aromatic nitrogens is 1. The maximum absolute atomic E-state index is 12.9. The Bertz CT molecular complexity index is 615. The molecule has 0 aliphatic heterocycles. The zero-order valence-electron chi connectivity index (χ0n) is 13.8. The van der Waals surface area contributed by atoms with Crippen LogP contribution in [-0.4, -0.2) is 42.0 Å². The van der Waals surface area contributed by atoms with E-state index in [4.69, 9.17) is 4.52 Å². The molecule has 0 fully saturated rings. The molecule has 0 saturated carbocycles. The van der Waals surface area contributed by atoms with Gasteiger partial charge in [0.15, 0.2) is 0 Å². The van der Waals surface area contributed by atoms with Gasteiger partial charge < -0.3 is 9.42 Å². The molecule has 1 aromatic heterocycles. The number of hydrogen-bond donors (Lipinski definition) is 0. The van der Waals surface area contributed by atoms with Crippen molar-refractivity contribution >= 4 is 5.91 Å². The van der Waals surface area contributed by atoms with Gasteiger partial charge in [-0.2, -0.15) is 0 Å². The van der Waals surface area contributed by atoms with Crippen LogP contribution < -0.4 is 0 Å². The van der Waals surface area contributed by atoms with Gasteiger partial charge in [0.05, 0.1) is 12.2 Å². The molecule has 0 N–H and O–H groups in total. The smallest absolute Gasteiger partial charge is 0.244 e. The van der Waals surface area contributed by atoms with Crippen LogP contribution in [0.15, 0.2) is 34.9 Å². The third-order valence-electron chi connectivity index (χ3n) is 3.82. The highest BCUT2D eigenvalue weighted by Gasteiger charge is 2.26. The second-order valence-corrected chi connectivity index (χ2v) is 5.77. The average Bonchev–Trinajstić information content (AvgIpc) is 2.80. The van der Waals surface area contributed by atoms with Gasteiger partial charge in [-0.3, -0.25) is 9.69 Å². The SMILES string of the molecule is Cc1noc(C)c1CN(C)C(=O)[C@@H](c1ccccc1)N(C)C. The van der Waals surface area contributed by atoms with Crippen LogP contribution in [0.25, 0.3) is 0 Å². The third-order valence-corrected chi connectivity index (χ3v) is 3.82. The summed E-state index contributed by atoms with van der Waals surface area (Å²) in [4.78, 5) is 16.5. The standard InChI is InChI=1S/C17H23N3O2/c1-12-15(13(2)22-18-12)11-20(5)17(21)16(19(3)4)14-9-7-6-8-10-14/h6-10,16H,11H2,1-5H3/t16-/m1/s1. The molecule has 0 aliphatic carbocycles. The summed E-state index contributed by atoms with van der Waals surface area (Å²) in [6.45, 7) is 4.26. The van der Waals surface area contributed by atoms with Crippen LogP contribution in [0.4, 0.5) is 0 Å². The number of carbonyl (C=O) groups is 1. The molecular formula is C17H23N3O2. The Morgan fingerprint density at radius 1 is 1.18 bits per heavy atom. The largest absolute Gasteiger partial charge is 0.361 e. The van der Waals surface area contributed by atoms with E-state index in [1.165, 1.54) is 0 Å². The molecule has 5 heteroatoms. The Morgan fingerprint density at radius 2 is 1.82 bits per heavy atom. The highest BCUT2D eigenvalue weighted by molar-refractivity contribution is 5.83. The molecule has 0 spiro atoms. The first kappa shape index (κ1) is 16.2. The van der Waals surface area contributed by atoms with Crippen molar-refractivity contribution in [3.63, 3.8) is 0 Å². The first-order valence-corrected chi connectivity index (χ1v) is 7.30. The fourth-order valence-corrected chi connectivity index (χ4v) is 2.55. The second kappa shape index (κ2) is 6.75. The van der Waals surface area contributed by atoms with Crippen molar-refractivity contribution in [1.29, 1.82) is 0 Å². The maximum atomic E-state index is 12.9. The molecule has 118 valence electrons. The summed E-state index contributed by atoms with van der Waals surface area (Å²) in [5.41, 5.74) is 2.79. The van der Waals surface area contributed by atoms with Gasteiger partial charge in [0, 0.05) is 12.6 Å². The van der Waals surface area contributed by atoms with Crippen LogP contribution in [-0.2, 0) is 11.3 Å². The second-order valence-electron chi connectivity index (χ2n) is 5.77. The van der Waals surface area contributed by atoms with Crippen LogP contribution in [0.3, 0.4) is 0 Å². The van der Waals surface area contributed by atoms with Crippen molar-refractivity contribution in [3.8, 4) is 0 Å². The van der Waals surface area contributed by atoms with Gasteiger partial charge in [-0.05, 0) is 33.5 Å². The van der Waals surface area contributed by atoms with Crippen LogP contribution in [0.5, 0.6) is 0 Å². The Hall–Kier alpha value is -2.14. The zero-order valence-corrected chi connectivity index (χ0v) is 13.8. The predicted molar refractivity (Wildman–Crippen MR) is 85.3 cm³/mol. The van der Waals surface area contributed by atoms with Gasteiger partial charge in [0.2, 0.25) is 5.91 Å². The molecule has 0 bridgehead atoms. The summed E-state index contributed by atoms with van der Waals surface area (Å²) in [6.07, 6.45) is 0. The van der Waals surface area contributed by atoms with Crippen LogP contribution in [0.1, 0.15) is 28.6 Å². The van der Waals surface area contributed by atoms with E-state index in [-0.39, 0.29) is 11.9 Å². The lowest BCUT2D eigenvalue weighted by molar-refractivity contribution is -0.135. The summed E-state index contributed by atoms with van der Waals surface area (Å²) in [6, 6.07) is 9.51. The van der Waals surface area contributed by atoms with Crippen LogP contribution >= 0.6 is 0 Å². The minimum absolute atomic E-state index is 0.0520. The highest BCUT2D eigenvalue weighted by Crippen LogP contribution is 2.22. The van der Waals surface area contributed by atoms with E-state index >= 15 is 0 Å². The molecule has 1 heterocycles. The van der Waals surface area contributed by atoms with E-state index in [1.807, 2.05) is 70.2 Å². The number of amides is 1. The lowest BCUT2D eigenvalue weighted by Crippen LogP contribution is -2.38. The van der Waals surface area contributed by atoms with Gasteiger partial charge in [0.25, 0.3) is 0 Å². The Balaban J connectivity index is 2.21. The van der Waals surface area contributed by atoms with Crippen molar-refractivity contribution in [2.45, 2.75) is 26.4 Å². The Kier molecular flexibility index (Phi) is 4.98. The van der Waals surface area contributed by atoms with Gasteiger partial charge in [-0.1, -0.05) is 35.5 Å². The van der Waals surface area contributed by atoms with E-state index in [1.54, 1.807) is 4.90 Å². The minimum atomic E-state index is -0.299. The van der Waals surface area contributed by atoms with Gasteiger partial charge in [0.1, 0.15) is 11.8 Å². The van der Waals surface area contributed by atoms with Crippen LogP contribution in [0.2, 0.25) is 0 Å². The fourth-order valence-electron chi connectivity index (χ4n) is 2.55. The summed E-state index contributed by atoms with van der Waals surface area (Å²) >= 11 is 0. The van der Waals surface area contributed by atoms with Gasteiger partial charge >= 0.3 is 0 Å². The Morgan fingerprint density at radius 3 is 2.32 bits per heavy atom. The summed E-state index contributed by atoms with van der Waals surface area (Å²) in [5, 5.41) is 3.94. The van der Waals surface area contributed by atoms with Crippen molar-refractivity contribution in [1.82, 2.24) is 15.0 Å². The molecule has 1 aromatic carbocycles. The average molecular weight is 301 g/mol. The first-order chi connectivity index (χ1) is 10.4. The highest BCUT2D eigenvalue weighted by atomic mass is 16.5. The number of nitrogens with zero attached hydrogens (tertiary/aromatic N) is 3. The molecule has 0 aliphatic rings. The molecule has 0 radical (unpaired) electrons. The van der Waals surface area contributed by atoms with Crippen molar-refractivity contribution in [2.75, 3.05) is 21.1 Å². The topological polar surface area (TPSA) is 49.6 Å². The number of aryl methyl sites for hydroxylation is 2. The Labute approximate surface area is 131 Å². The van der Waals surface area contributed by atoms with Gasteiger partial charge in [-0.15, -0.1) is 0 Å². The molecule has 1 atom stereocenters. The molecule has 2 aromatic rings. The van der Waals surface area contributed by atoms with E-state index < -0.39 is 0 Å².